The first kappa shape index (κ1) is 10.5. The maximum Gasteiger partial charge on any atom is 0.222 e. The molecule has 4 heteroatoms. The van der Waals surface area contributed by atoms with Gasteiger partial charge < -0.3 is 15.4 Å². The first-order valence-corrected chi connectivity index (χ1v) is 4.86. The average Bonchev–Trinajstić information content (AvgIpc) is 2.19. The molecule has 1 fully saturated rings. The summed E-state index contributed by atoms with van der Waals surface area (Å²) in [6, 6.07) is 0. The number of hydrogen-bond acceptors (Lipinski definition) is 3. The van der Waals surface area contributed by atoms with Crippen molar-refractivity contribution in [2.75, 3.05) is 26.7 Å². The van der Waals surface area contributed by atoms with Crippen LogP contribution in [0.25, 0.3) is 0 Å². The molecule has 1 amide bonds. The normalized spacial score (nSPS) is 18.5. The molecule has 0 bridgehead atoms. The van der Waals surface area contributed by atoms with Crippen molar-refractivity contribution in [1.29, 1.82) is 0 Å². The third kappa shape index (κ3) is 4.24. The van der Waals surface area contributed by atoms with E-state index in [1.165, 1.54) is 0 Å². The van der Waals surface area contributed by atoms with Gasteiger partial charge in [0.25, 0.3) is 0 Å². The van der Waals surface area contributed by atoms with Crippen molar-refractivity contribution < 1.29 is 9.53 Å². The highest BCUT2D eigenvalue weighted by Crippen LogP contribution is 2.06. The fraction of sp³-hybridized carbons (Fsp3) is 0.889. The van der Waals surface area contributed by atoms with Crippen molar-refractivity contribution in [3.63, 3.8) is 0 Å². The Hall–Kier alpha value is -0.610. The van der Waals surface area contributed by atoms with Crippen molar-refractivity contribution in [2.24, 2.45) is 0 Å². The lowest BCUT2D eigenvalue weighted by molar-refractivity contribution is -0.122. The number of carbonyl (C=O) groups is 1. The summed E-state index contributed by atoms with van der Waals surface area (Å²) in [5, 5.41) is 5.84. The minimum absolute atomic E-state index is 0.0499. The number of hydrogen-bond donors (Lipinski definition) is 2. The third-order valence-corrected chi connectivity index (χ3v) is 2.25. The molecule has 1 rings (SSSR count). The van der Waals surface area contributed by atoms with E-state index in [4.69, 9.17) is 4.74 Å². The van der Waals surface area contributed by atoms with Crippen LogP contribution >= 0.6 is 0 Å². The van der Waals surface area contributed by atoms with E-state index in [1.54, 1.807) is 7.05 Å². The molecule has 0 radical (unpaired) electrons. The number of ether oxygens (including phenoxy) is 1. The third-order valence-electron chi connectivity index (χ3n) is 2.25. The molecule has 13 heavy (non-hydrogen) atoms. The Morgan fingerprint density at radius 3 is 2.85 bits per heavy atom. The molecule has 1 heterocycles. The lowest BCUT2D eigenvalue weighted by atomic mass is 10.1. The van der Waals surface area contributed by atoms with E-state index in [1.807, 2.05) is 0 Å². The van der Waals surface area contributed by atoms with Crippen molar-refractivity contribution in [2.45, 2.75) is 25.4 Å². The smallest absolute Gasteiger partial charge is 0.222 e. The molecule has 4 nitrogen and oxygen atoms in total. The molecule has 0 unspecified atom stereocenters. The summed E-state index contributed by atoms with van der Waals surface area (Å²) in [5.41, 5.74) is 0. The highest BCUT2D eigenvalue weighted by Gasteiger charge is 2.13. The first-order chi connectivity index (χ1) is 6.33. The van der Waals surface area contributed by atoms with Crippen molar-refractivity contribution >= 4 is 5.91 Å². The molecule has 1 aliphatic heterocycles. The van der Waals surface area contributed by atoms with Crippen LogP contribution in [-0.4, -0.2) is 38.8 Å². The average molecular weight is 186 g/mol. The van der Waals surface area contributed by atoms with Gasteiger partial charge in [-0.15, -0.1) is 0 Å². The lowest BCUT2D eigenvalue weighted by Gasteiger charge is -2.22. The number of piperidine rings is 1. The second-order valence-electron chi connectivity index (χ2n) is 3.24. The van der Waals surface area contributed by atoms with Gasteiger partial charge in [0.1, 0.15) is 0 Å². The maximum atomic E-state index is 10.9. The maximum absolute atomic E-state index is 10.9. The van der Waals surface area contributed by atoms with Crippen LogP contribution < -0.4 is 10.6 Å². The Balaban J connectivity index is 2.01. The molecule has 1 saturated heterocycles. The van der Waals surface area contributed by atoms with Gasteiger partial charge in [0.05, 0.1) is 12.7 Å². The zero-order chi connectivity index (χ0) is 9.52. The number of carbonyl (C=O) groups excluding carboxylic acids is 1. The van der Waals surface area contributed by atoms with Gasteiger partial charge in [0.2, 0.25) is 5.91 Å². The van der Waals surface area contributed by atoms with Gasteiger partial charge in [-0.05, 0) is 25.9 Å². The quantitative estimate of drug-likeness (QED) is 0.644. The SMILES string of the molecule is CNC(=O)CCOC1CCNCC1. The summed E-state index contributed by atoms with van der Waals surface area (Å²) in [7, 11) is 1.65. The molecule has 0 aromatic carbocycles. The standard InChI is InChI=1S/C9H18N2O2/c1-10-9(12)4-7-13-8-2-5-11-6-3-8/h8,11H,2-7H2,1H3,(H,10,12). The minimum Gasteiger partial charge on any atom is -0.378 e. The van der Waals surface area contributed by atoms with Crippen molar-refractivity contribution in [1.82, 2.24) is 10.6 Å². The molecule has 76 valence electrons. The van der Waals surface area contributed by atoms with Gasteiger partial charge in [-0.25, -0.2) is 0 Å². The van der Waals surface area contributed by atoms with Gasteiger partial charge >= 0.3 is 0 Å². The summed E-state index contributed by atoms with van der Waals surface area (Å²) in [6.45, 7) is 2.61. The van der Waals surface area contributed by atoms with Crippen LogP contribution in [0.4, 0.5) is 0 Å². The van der Waals surface area contributed by atoms with Gasteiger partial charge in [0, 0.05) is 13.5 Å². The van der Waals surface area contributed by atoms with E-state index in [-0.39, 0.29) is 5.91 Å². The molecular weight excluding hydrogens is 168 g/mol. The Labute approximate surface area is 79.0 Å². The first-order valence-electron chi connectivity index (χ1n) is 4.86. The number of amides is 1. The van der Waals surface area contributed by atoms with E-state index in [0.717, 1.165) is 25.9 Å². The summed E-state index contributed by atoms with van der Waals surface area (Å²) < 4.78 is 5.55. The number of rotatable bonds is 4. The molecule has 0 aliphatic carbocycles. The second-order valence-corrected chi connectivity index (χ2v) is 3.24. The summed E-state index contributed by atoms with van der Waals surface area (Å²) in [5.74, 6) is 0.0499. The molecule has 1 aliphatic rings. The van der Waals surface area contributed by atoms with Crippen LogP contribution in [0.15, 0.2) is 0 Å². The Bertz CT molecular complexity index is 156. The zero-order valence-corrected chi connectivity index (χ0v) is 8.14. The Kier molecular flexibility index (Phi) is 4.78. The van der Waals surface area contributed by atoms with Gasteiger partial charge in [0.15, 0.2) is 0 Å². The van der Waals surface area contributed by atoms with Gasteiger partial charge in [-0.3, -0.25) is 4.79 Å². The molecule has 0 saturated carbocycles. The van der Waals surface area contributed by atoms with E-state index in [2.05, 4.69) is 10.6 Å². The van der Waals surface area contributed by atoms with Crippen LogP contribution in [0, 0.1) is 0 Å². The largest absolute Gasteiger partial charge is 0.378 e. The molecule has 0 aromatic rings. The van der Waals surface area contributed by atoms with E-state index in [9.17, 15) is 4.79 Å². The van der Waals surface area contributed by atoms with Gasteiger partial charge in [-0.1, -0.05) is 0 Å². The molecule has 0 spiro atoms. The van der Waals surface area contributed by atoms with E-state index >= 15 is 0 Å². The highest BCUT2D eigenvalue weighted by molar-refractivity contribution is 5.75. The predicted octanol–water partition coefficient (Wildman–Crippen LogP) is -0.109. The number of nitrogens with one attached hydrogen (secondary N) is 2. The lowest BCUT2D eigenvalue weighted by Crippen LogP contribution is -2.33. The molecule has 0 aromatic heterocycles. The zero-order valence-electron chi connectivity index (χ0n) is 8.14. The fourth-order valence-corrected chi connectivity index (χ4v) is 1.41. The minimum atomic E-state index is 0.0499. The predicted molar refractivity (Wildman–Crippen MR) is 50.5 cm³/mol. The Morgan fingerprint density at radius 2 is 2.23 bits per heavy atom. The molecule has 0 atom stereocenters. The summed E-state index contributed by atoms with van der Waals surface area (Å²) in [6.07, 6.45) is 2.95. The van der Waals surface area contributed by atoms with E-state index < -0.39 is 0 Å². The van der Waals surface area contributed by atoms with Crippen LogP contribution in [0.3, 0.4) is 0 Å². The Morgan fingerprint density at radius 1 is 1.54 bits per heavy atom. The fourth-order valence-electron chi connectivity index (χ4n) is 1.41. The highest BCUT2D eigenvalue weighted by atomic mass is 16.5. The topological polar surface area (TPSA) is 50.4 Å². The second kappa shape index (κ2) is 5.94. The van der Waals surface area contributed by atoms with E-state index in [0.29, 0.717) is 19.1 Å². The van der Waals surface area contributed by atoms with Crippen molar-refractivity contribution in [3.8, 4) is 0 Å². The molecule has 2 N–H and O–H groups in total. The van der Waals surface area contributed by atoms with Crippen LogP contribution in [0.5, 0.6) is 0 Å². The monoisotopic (exact) mass is 186 g/mol. The van der Waals surface area contributed by atoms with Crippen LogP contribution in [0.2, 0.25) is 0 Å². The summed E-state index contributed by atoms with van der Waals surface area (Å²) >= 11 is 0. The van der Waals surface area contributed by atoms with Crippen LogP contribution in [-0.2, 0) is 9.53 Å². The summed E-state index contributed by atoms with van der Waals surface area (Å²) in [4.78, 5) is 10.9. The van der Waals surface area contributed by atoms with Crippen LogP contribution in [0.1, 0.15) is 19.3 Å². The van der Waals surface area contributed by atoms with Crippen molar-refractivity contribution in [3.05, 3.63) is 0 Å². The van der Waals surface area contributed by atoms with Gasteiger partial charge in [-0.2, -0.15) is 0 Å². The molecular formula is C9H18N2O2.